The molecule has 0 N–H and O–H groups in total. The fraction of sp³-hybridized carbons (Fsp3) is 0.0909. The van der Waals surface area contributed by atoms with Crippen LogP contribution in [-0.2, 0) is 12.8 Å². The fourth-order valence-electron chi connectivity index (χ4n) is 3.12. The van der Waals surface area contributed by atoms with Crippen LogP contribution in [0.1, 0.15) is 21.1 Å². The van der Waals surface area contributed by atoms with Crippen molar-refractivity contribution in [3.8, 4) is 0 Å². The van der Waals surface area contributed by atoms with Crippen LogP contribution in [-0.4, -0.2) is 9.97 Å². The average Bonchev–Trinajstić information content (AvgIpc) is 3.25. The lowest BCUT2D eigenvalue weighted by molar-refractivity contribution is 1.12. The first-order valence-corrected chi connectivity index (χ1v) is 10.2. The second-order valence-electron chi connectivity index (χ2n) is 6.32. The van der Waals surface area contributed by atoms with E-state index in [0.717, 1.165) is 23.9 Å². The van der Waals surface area contributed by atoms with Gasteiger partial charge in [0.15, 0.2) is 0 Å². The summed E-state index contributed by atoms with van der Waals surface area (Å²) in [5.74, 6) is 0. The number of nitrogens with zero attached hydrogens (tertiary/aromatic N) is 2. The molecule has 0 atom stereocenters. The van der Waals surface area contributed by atoms with Crippen LogP contribution < -0.4 is 0 Å². The molecule has 0 fully saturated rings. The van der Waals surface area contributed by atoms with E-state index in [1.54, 1.807) is 22.7 Å². The third-order valence-corrected chi connectivity index (χ3v) is 6.48. The Labute approximate surface area is 159 Å². The molecule has 0 aliphatic carbocycles. The molecule has 26 heavy (non-hydrogen) atoms. The fourth-order valence-corrected chi connectivity index (χ4v) is 5.12. The lowest BCUT2D eigenvalue weighted by Gasteiger charge is -2.01. The smallest absolute Gasteiger partial charge is 0.0982 e. The van der Waals surface area contributed by atoms with E-state index in [2.05, 4.69) is 60.7 Å². The molecule has 5 rings (SSSR count). The van der Waals surface area contributed by atoms with Crippen molar-refractivity contribution in [2.75, 3.05) is 0 Å². The van der Waals surface area contributed by atoms with E-state index in [1.165, 1.54) is 30.5 Å². The summed E-state index contributed by atoms with van der Waals surface area (Å²) in [6, 6.07) is 25.5. The number of fused-ring (bicyclic) bond motifs is 2. The Bertz CT molecular complexity index is 1020. The predicted octanol–water partition coefficient (Wildman–Crippen LogP) is 6.09. The molecule has 2 heterocycles. The summed E-state index contributed by atoms with van der Waals surface area (Å²) in [6.45, 7) is 0. The summed E-state index contributed by atoms with van der Waals surface area (Å²) >= 11 is 3.56. The molecule has 0 aliphatic heterocycles. The van der Waals surface area contributed by atoms with Crippen molar-refractivity contribution in [2.45, 2.75) is 12.8 Å². The van der Waals surface area contributed by atoms with Gasteiger partial charge in [0.1, 0.15) is 0 Å². The monoisotopic (exact) mass is 372 g/mol. The second-order valence-corrected chi connectivity index (χ2v) is 8.55. The number of aromatic nitrogens is 2. The second kappa shape index (κ2) is 6.63. The molecule has 0 bridgehead atoms. The summed E-state index contributed by atoms with van der Waals surface area (Å²) in [5, 5.41) is 2.34. The number of hydrogen-bond donors (Lipinski definition) is 0. The van der Waals surface area contributed by atoms with Crippen molar-refractivity contribution in [1.82, 2.24) is 9.97 Å². The highest BCUT2D eigenvalue weighted by Crippen LogP contribution is 2.25. The number of thiazole rings is 2. The van der Waals surface area contributed by atoms with Gasteiger partial charge in [-0.2, -0.15) is 0 Å². The minimum absolute atomic E-state index is 0.890. The average molecular weight is 373 g/mol. The number of para-hydroxylation sites is 2. The number of benzene rings is 3. The molecule has 0 spiro atoms. The van der Waals surface area contributed by atoms with E-state index in [1.807, 2.05) is 12.1 Å². The zero-order valence-electron chi connectivity index (χ0n) is 14.1. The van der Waals surface area contributed by atoms with Gasteiger partial charge >= 0.3 is 0 Å². The van der Waals surface area contributed by atoms with Crippen molar-refractivity contribution in [3.05, 3.63) is 93.9 Å². The van der Waals surface area contributed by atoms with Gasteiger partial charge in [-0.3, -0.25) is 0 Å². The third kappa shape index (κ3) is 3.14. The van der Waals surface area contributed by atoms with Gasteiger partial charge in [-0.25, -0.2) is 9.97 Å². The summed E-state index contributed by atoms with van der Waals surface area (Å²) in [7, 11) is 0. The maximum absolute atomic E-state index is 4.73. The Hall–Kier alpha value is -2.56. The highest BCUT2D eigenvalue weighted by molar-refractivity contribution is 7.18. The standard InChI is InChI=1S/C22H16N2S2/c1-3-7-19-17(5-1)23-21(25-19)13-15-9-11-16(12-10-15)14-22-24-18-6-2-4-8-20(18)26-22/h1-12H,13-14H2. The number of hydrogen-bond acceptors (Lipinski definition) is 4. The van der Waals surface area contributed by atoms with Gasteiger partial charge in [0.25, 0.3) is 0 Å². The van der Waals surface area contributed by atoms with Crippen LogP contribution in [0.4, 0.5) is 0 Å². The van der Waals surface area contributed by atoms with E-state index < -0.39 is 0 Å². The van der Waals surface area contributed by atoms with Gasteiger partial charge in [-0.1, -0.05) is 48.5 Å². The topological polar surface area (TPSA) is 25.8 Å². The lowest BCUT2D eigenvalue weighted by atomic mass is 10.1. The SMILES string of the molecule is c1ccc2sc(Cc3ccc(Cc4nc5ccccc5s4)cc3)nc2c1. The minimum Gasteiger partial charge on any atom is -0.241 e. The molecule has 0 saturated heterocycles. The molecule has 0 amide bonds. The molecule has 4 heteroatoms. The van der Waals surface area contributed by atoms with Crippen LogP contribution in [0.5, 0.6) is 0 Å². The minimum atomic E-state index is 0.890. The van der Waals surface area contributed by atoms with Gasteiger partial charge in [0.2, 0.25) is 0 Å². The molecule has 3 aromatic carbocycles. The Morgan fingerprint density at radius 2 is 0.962 bits per heavy atom. The van der Waals surface area contributed by atoms with Gasteiger partial charge in [-0.15, -0.1) is 22.7 Å². The van der Waals surface area contributed by atoms with Crippen molar-refractivity contribution in [1.29, 1.82) is 0 Å². The summed E-state index contributed by atoms with van der Waals surface area (Å²) in [5.41, 5.74) is 4.80. The maximum Gasteiger partial charge on any atom is 0.0982 e. The maximum atomic E-state index is 4.73. The van der Waals surface area contributed by atoms with Crippen LogP contribution in [0.2, 0.25) is 0 Å². The predicted molar refractivity (Wildman–Crippen MR) is 111 cm³/mol. The molecule has 5 aromatic rings. The Morgan fingerprint density at radius 3 is 1.38 bits per heavy atom. The molecule has 0 aliphatic rings. The first kappa shape index (κ1) is 15.7. The van der Waals surface area contributed by atoms with Crippen LogP contribution >= 0.6 is 22.7 Å². The molecule has 2 aromatic heterocycles. The quantitative estimate of drug-likeness (QED) is 0.382. The van der Waals surface area contributed by atoms with E-state index >= 15 is 0 Å². The van der Waals surface area contributed by atoms with Crippen LogP contribution in [0.3, 0.4) is 0 Å². The molecule has 0 unspecified atom stereocenters. The van der Waals surface area contributed by atoms with Gasteiger partial charge in [-0.05, 0) is 35.4 Å². The van der Waals surface area contributed by atoms with Crippen molar-refractivity contribution < 1.29 is 0 Å². The van der Waals surface area contributed by atoms with E-state index in [9.17, 15) is 0 Å². The Kier molecular flexibility index (Phi) is 4.00. The zero-order valence-corrected chi connectivity index (χ0v) is 15.7. The summed E-state index contributed by atoms with van der Waals surface area (Å²) < 4.78 is 2.52. The van der Waals surface area contributed by atoms with Crippen LogP contribution in [0.25, 0.3) is 20.4 Å². The van der Waals surface area contributed by atoms with Crippen molar-refractivity contribution in [2.24, 2.45) is 0 Å². The Morgan fingerprint density at radius 1 is 0.538 bits per heavy atom. The third-order valence-electron chi connectivity index (χ3n) is 4.41. The van der Waals surface area contributed by atoms with Gasteiger partial charge in [0.05, 0.1) is 30.4 Å². The molecule has 0 radical (unpaired) electrons. The highest BCUT2D eigenvalue weighted by Gasteiger charge is 2.06. The van der Waals surface area contributed by atoms with Crippen molar-refractivity contribution in [3.63, 3.8) is 0 Å². The Balaban J connectivity index is 1.33. The van der Waals surface area contributed by atoms with Crippen LogP contribution in [0.15, 0.2) is 72.8 Å². The normalized spacial score (nSPS) is 11.4. The highest BCUT2D eigenvalue weighted by atomic mass is 32.1. The zero-order chi connectivity index (χ0) is 17.3. The molecule has 2 nitrogen and oxygen atoms in total. The van der Waals surface area contributed by atoms with E-state index in [4.69, 9.17) is 9.97 Å². The largest absolute Gasteiger partial charge is 0.241 e. The molecule has 126 valence electrons. The summed E-state index contributed by atoms with van der Waals surface area (Å²) in [6.07, 6.45) is 1.78. The lowest BCUT2D eigenvalue weighted by Crippen LogP contribution is -1.90. The molecular weight excluding hydrogens is 356 g/mol. The molecule has 0 saturated carbocycles. The van der Waals surface area contributed by atoms with Crippen molar-refractivity contribution >= 4 is 43.1 Å². The molecular formula is C22H16N2S2. The summed E-state index contributed by atoms with van der Waals surface area (Å²) in [4.78, 5) is 9.47. The van der Waals surface area contributed by atoms with E-state index in [0.29, 0.717) is 0 Å². The first-order valence-electron chi connectivity index (χ1n) is 8.60. The van der Waals surface area contributed by atoms with Crippen LogP contribution in [0, 0.1) is 0 Å². The first-order chi connectivity index (χ1) is 12.8. The van der Waals surface area contributed by atoms with E-state index in [-0.39, 0.29) is 0 Å². The number of rotatable bonds is 4. The van der Waals surface area contributed by atoms with Gasteiger partial charge in [0, 0.05) is 12.8 Å². The van der Waals surface area contributed by atoms with Gasteiger partial charge < -0.3 is 0 Å².